The molecule has 2 heterocycles. The summed E-state index contributed by atoms with van der Waals surface area (Å²) in [6.45, 7) is 5.21. The monoisotopic (exact) mass is 319 g/mol. The van der Waals surface area contributed by atoms with Gasteiger partial charge in [-0.15, -0.1) is 0 Å². The van der Waals surface area contributed by atoms with Gasteiger partial charge >= 0.3 is 5.69 Å². The largest absolute Gasteiger partial charge is 0.330 e. The van der Waals surface area contributed by atoms with Crippen molar-refractivity contribution in [2.45, 2.75) is 45.7 Å². The van der Waals surface area contributed by atoms with Crippen LogP contribution in [0.4, 0.5) is 4.39 Å². The molecule has 1 saturated heterocycles. The Morgan fingerprint density at radius 1 is 1.26 bits per heavy atom. The van der Waals surface area contributed by atoms with Gasteiger partial charge in [-0.25, -0.2) is 9.18 Å². The zero-order chi connectivity index (χ0) is 16.9. The van der Waals surface area contributed by atoms with Crippen LogP contribution in [0, 0.1) is 12.7 Å². The third-order valence-electron chi connectivity index (χ3n) is 4.24. The molecule has 1 aromatic heterocycles. The molecule has 0 aliphatic carbocycles. The van der Waals surface area contributed by atoms with Gasteiger partial charge in [-0.3, -0.25) is 24.0 Å². The number of carbonyl (C=O) groups is 2. The fourth-order valence-corrected chi connectivity index (χ4v) is 3.10. The normalized spacial score (nSPS) is 18.7. The number of piperidine rings is 1. The van der Waals surface area contributed by atoms with Crippen LogP contribution in [-0.2, 0) is 9.59 Å². The predicted molar refractivity (Wildman–Crippen MR) is 82.7 cm³/mol. The third kappa shape index (κ3) is 2.27. The maximum Gasteiger partial charge on any atom is 0.330 e. The van der Waals surface area contributed by atoms with Crippen LogP contribution >= 0.6 is 0 Å². The van der Waals surface area contributed by atoms with Gasteiger partial charge in [0.05, 0.1) is 5.52 Å². The Bertz CT molecular complexity index is 879. The van der Waals surface area contributed by atoms with E-state index < -0.39 is 23.5 Å². The van der Waals surface area contributed by atoms with Gasteiger partial charge in [0, 0.05) is 12.5 Å². The van der Waals surface area contributed by atoms with Crippen molar-refractivity contribution in [3.8, 4) is 0 Å². The minimum absolute atomic E-state index is 0.158. The molecule has 7 heteroatoms. The number of imidazole rings is 1. The molecule has 0 bridgehead atoms. The van der Waals surface area contributed by atoms with Crippen LogP contribution in [0.5, 0.6) is 0 Å². The summed E-state index contributed by atoms with van der Waals surface area (Å²) in [6, 6.07) is 2.18. The molecule has 1 N–H and O–H groups in total. The van der Waals surface area contributed by atoms with Gasteiger partial charge in [0.25, 0.3) is 0 Å². The smallest absolute Gasteiger partial charge is 0.295 e. The molecule has 1 fully saturated rings. The maximum atomic E-state index is 14.6. The number of benzene rings is 1. The lowest BCUT2D eigenvalue weighted by atomic mass is 10.1. The summed E-state index contributed by atoms with van der Waals surface area (Å²) >= 11 is 0. The number of aryl methyl sites for hydroxylation is 1. The molecule has 0 spiro atoms. The number of nitrogens with one attached hydrogen (secondary N) is 1. The van der Waals surface area contributed by atoms with E-state index in [1.54, 1.807) is 32.9 Å². The Labute approximate surface area is 131 Å². The number of halogens is 1. The van der Waals surface area contributed by atoms with Crippen molar-refractivity contribution in [1.82, 2.24) is 14.5 Å². The van der Waals surface area contributed by atoms with Crippen LogP contribution in [0.15, 0.2) is 16.9 Å². The van der Waals surface area contributed by atoms with Crippen molar-refractivity contribution < 1.29 is 14.0 Å². The first kappa shape index (κ1) is 15.5. The molecule has 1 aliphatic heterocycles. The number of amides is 2. The summed E-state index contributed by atoms with van der Waals surface area (Å²) in [5.41, 5.74) is 0.581. The Kier molecular flexibility index (Phi) is 3.58. The number of carbonyl (C=O) groups excluding carboxylic acids is 2. The van der Waals surface area contributed by atoms with E-state index in [4.69, 9.17) is 0 Å². The fraction of sp³-hybridized carbons (Fsp3) is 0.438. The number of fused-ring (bicyclic) bond motifs is 1. The van der Waals surface area contributed by atoms with Crippen LogP contribution in [0.3, 0.4) is 0 Å². The van der Waals surface area contributed by atoms with Gasteiger partial charge in [0.2, 0.25) is 11.8 Å². The standard InChI is InChI=1S/C16H18FN3O3/c1-8(2)19-14-10(5-4-9(3)13(14)17)20(16(19)23)11-6-7-12(21)18-15(11)22/h4-5,8,11H,6-7H2,1-3H3,(H,18,21,22). The van der Waals surface area contributed by atoms with Crippen LogP contribution in [0.1, 0.15) is 44.3 Å². The molecule has 6 nitrogen and oxygen atoms in total. The molecule has 23 heavy (non-hydrogen) atoms. The second-order valence-electron chi connectivity index (χ2n) is 6.15. The van der Waals surface area contributed by atoms with Crippen LogP contribution < -0.4 is 11.0 Å². The fourth-order valence-electron chi connectivity index (χ4n) is 3.10. The van der Waals surface area contributed by atoms with E-state index in [1.165, 1.54) is 9.13 Å². The Morgan fingerprint density at radius 3 is 2.57 bits per heavy atom. The van der Waals surface area contributed by atoms with Crippen molar-refractivity contribution in [2.24, 2.45) is 0 Å². The lowest BCUT2D eigenvalue weighted by Gasteiger charge is -2.22. The third-order valence-corrected chi connectivity index (χ3v) is 4.24. The average molecular weight is 319 g/mol. The quantitative estimate of drug-likeness (QED) is 0.858. The molecule has 2 aromatic rings. The van der Waals surface area contributed by atoms with Gasteiger partial charge in [0.1, 0.15) is 11.6 Å². The second-order valence-corrected chi connectivity index (χ2v) is 6.15. The van der Waals surface area contributed by atoms with Crippen LogP contribution in [-0.4, -0.2) is 20.9 Å². The number of hydrogen-bond acceptors (Lipinski definition) is 3. The van der Waals surface area contributed by atoms with Crippen molar-refractivity contribution in [3.05, 3.63) is 34.0 Å². The first-order valence-electron chi connectivity index (χ1n) is 7.58. The molecule has 0 radical (unpaired) electrons. The van der Waals surface area contributed by atoms with Crippen molar-refractivity contribution in [1.29, 1.82) is 0 Å². The van der Waals surface area contributed by atoms with Gasteiger partial charge in [-0.1, -0.05) is 6.07 Å². The van der Waals surface area contributed by atoms with E-state index in [-0.39, 0.29) is 30.3 Å². The van der Waals surface area contributed by atoms with Gasteiger partial charge < -0.3 is 0 Å². The first-order chi connectivity index (χ1) is 10.8. The predicted octanol–water partition coefficient (Wildman–Crippen LogP) is 1.81. The van der Waals surface area contributed by atoms with Crippen molar-refractivity contribution in [2.75, 3.05) is 0 Å². The maximum absolute atomic E-state index is 14.6. The van der Waals surface area contributed by atoms with Gasteiger partial charge in [0.15, 0.2) is 5.82 Å². The topological polar surface area (TPSA) is 73.1 Å². The lowest BCUT2D eigenvalue weighted by molar-refractivity contribution is -0.135. The summed E-state index contributed by atoms with van der Waals surface area (Å²) < 4.78 is 17.3. The van der Waals surface area contributed by atoms with E-state index in [2.05, 4.69) is 5.32 Å². The highest BCUT2D eigenvalue weighted by molar-refractivity contribution is 6.00. The zero-order valence-electron chi connectivity index (χ0n) is 13.2. The Hall–Kier alpha value is -2.44. The van der Waals surface area contributed by atoms with Crippen molar-refractivity contribution >= 4 is 22.8 Å². The molecule has 1 atom stereocenters. The summed E-state index contributed by atoms with van der Waals surface area (Å²) in [5.74, 6) is -1.33. The number of imide groups is 1. The lowest BCUT2D eigenvalue weighted by Crippen LogP contribution is -2.44. The first-order valence-corrected chi connectivity index (χ1v) is 7.58. The molecule has 122 valence electrons. The van der Waals surface area contributed by atoms with E-state index in [9.17, 15) is 18.8 Å². The molecular weight excluding hydrogens is 301 g/mol. The Balaban J connectivity index is 2.32. The van der Waals surface area contributed by atoms with E-state index in [0.29, 0.717) is 11.1 Å². The summed E-state index contributed by atoms with van der Waals surface area (Å²) in [4.78, 5) is 36.3. The molecule has 0 saturated carbocycles. The minimum atomic E-state index is -0.801. The second kappa shape index (κ2) is 5.33. The van der Waals surface area contributed by atoms with Crippen LogP contribution in [0.2, 0.25) is 0 Å². The van der Waals surface area contributed by atoms with Gasteiger partial charge in [-0.05, 0) is 38.8 Å². The summed E-state index contributed by atoms with van der Waals surface area (Å²) in [7, 11) is 0. The minimum Gasteiger partial charge on any atom is -0.295 e. The van der Waals surface area contributed by atoms with Crippen molar-refractivity contribution in [3.63, 3.8) is 0 Å². The molecule has 1 aromatic carbocycles. The molecule has 1 aliphatic rings. The number of hydrogen-bond donors (Lipinski definition) is 1. The van der Waals surface area contributed by atoms with E-state index in [0.717, 1.165) is 0 Å². The summed E-state index contributed by atoms with van der Waals surface area (Å²) in [6.07, 6.45) is 0.392. The SMILES string of the molecule is Cc1ccc2c(c1F)n(C(C)C)c(=O)n2C1CCC(=O)NC1=O. The number of nitrogens with zero attached hydrogens (tertiary/aromatic N) is 2. The van der Waals surface area contributed by atoms with E-state index >= 15 is 0 Å². The van der Waals surface area contributed by atoms with Gasteiger partial charge in [-0.2, -0.15) is 0 Å². The van der Waals surface area contributed by atoms with Crippen LogP contribution in [0.25, 0.3) is 11.0 Å². The number of aromatic nitrogens is 2. The highest BCUT2D eigenvalue weighted by Gasteiger charge is 2.32. The Morgan fingerprint density at radius 2 is 1.96 bits per heavy atom. The average Bonchev–Trinajstić information content (AvgIpc) is 2.76. The molecule has 2 amide bonds. The number of rotatable bonds is 2. The van der Waals surface area contributed by atoms with E-state index in [1.807, 2.05) is 0 Å². The highest BCUT2D eigenvalue weighted by atomic mass is 19.1. The molecule has 1 unspecified atom stereocenters. The zero-order valence-corrected chi connectivity index (χ0v) is 13.2. The summed E-state index contributed by atoms with van der Waals surface area (Å²) in [5, 5.41) is 2.24. The molecule has 3 rings (SSSR count). The molecular formula is C16H18FN3O3. The highest BCUT2D eigenvalue weighted by Crippen LogP contribution is 2.27.